The molecule has 0 aromatic carbocycles. The molecule has 0 fully saturated rings. The molecule has 5 unspecified atom stereocenters. The maximum absolute atomic E-state index is 13.1. The number of carbonyl (C=O) groups excluding carboxylic acids is 4. The third kappa shape index (κ3) is 69.5. The average molecular weight is 1420 g/mol. The minimum atomic E-state index is -4.96. The fourth-order valence-electron chi connectivity index (χ4n) is 11.8. The van der Waals surface area contributed by atoms with Crippen LogP contribution in [0.4, 0.5) is 0 Å². The van der Waals surface area contributed by atoms with Crippen LogP contribution in [0.2, 0.25) is 0 Å². The van der Waals surface area contributed by atoms with E-state index in [0.717, 1.165) is 114 Å². The molecular formula is C78H152O17P2. The van der Waals surface area contributed by atoms with Crippen LogP contribution in [0.1, 0.15) is 396 Å². The Morgan fingerprint density at radius 2 is 0.495 bits per heavy atom. The van der Waals surface area contributed by atoms with Gasteiger partial charge in [0.05, 0.1) is 26.4 Å². The van der Waals surface area contributed by atoms with Crippen molar-refractivity contribution in [1.29, 1.82) is 0 Å². The molecule has 97 heavy (non-hydrogen) atoms. The molecule has 3 N–H and O–H groups in total. The Labute approximate surface area is 594 Å². The van der Waals surface area contributed by atoms with Gasteiger partial charge >= 0.3 is 39.5 Å². The second kappa shape index (κ2) is 67.2. The summed E-state index contributed by atoms with van der Waals surface area (Å²) in [4.78, 5) is 72.9. The Balaban J connectivity index is 5.24. The molecule has 0 aliphatic rings. The van der Waals surface area contributed by atoms with Crippen LogP contribution in [0.15, 0.2) is 0 Å². The van der Waals surface area contributed by atoms with Crippen LogP contribution in [0.5, 0.6) is 0 Å². The highest BCUT2D eigenvalue weighted by Crippen LogP contribution is 2.45. The summed E-state index contributed by atoms with van der Waals surface area (Å²) in [5.41, 5.74) is 0. The molecular weight excluding hydrogens is 1270 g/mol. The van der Waals surface area contributed by atoms with E-state index >= 15 is 0 Å². The van der Waals surface area contributed by atoms with Crippen molar-refractivity contribution in [2.45, 2.75) is 414 Å². The molecule has 0 bridgehead atoms. The molecule has 0 aliphatic heterocycles. The lowest BCUT2D eigenvalue weighted by Crippen LogP contribution is -2.30. The summed E-state index contributed by atoms with van der Waals surface area (Å²) >= 11 is 0. The lowest BCUT2D eigenvalue weighted by Gasteiger charge is -2.21. The topological polar surface area (TPSA) is 237 Å². The fraction of sp³-hybridized carbons (Fsp3) is 0.949. The van der Waals surface area contributed by atoms with Gasteiger partial charge in [0.2, 0.25) is 0 Å². The van der Waals surface area contributed by atoms with Crippen molar-refractivity contribution in [2.24, 2.45) is 23.7 Å². The van der Waals surface area contributed by atoms with Gasteiger partial charge in [0.15, 0.2) is 12.2 Å². The summed E-state index contributed by atoms with van der Waals surface area (Å²) in [5, 5.41) is 10.6. The zero-order valence-electron chi connectivity index (χ0n) is 63.7. The minimum absolute atomic E-state index is 0.103. The Hall–Kier alpha value is -1.94. The second-order valence-corrected chi connectivity index (χ2v) is 32.4. The lowest BCUT2D eigenvalue weighted by atomic mass is 9.99. The number of rotatable bonds is 75. The molecule has 0 spiro atoms. The predicted octanol–water partition coefficient (Wildman–Crippen LogP) is 22.8. The van der Waals surface area contributed by atoms with Gasteiger partial charge in [0.1, 0.15) is 19.3 Å². The van der Waals surface area contributed by atoms with Crippen LogP contribution in [0.25, 0.3) is 0 Å². The van der Waals surface area contributed by atoms with Crippen LogP contribution in [0.3, 0.4) is 0 Å². The van der Waals surface area contributed by atoms with Crippen molar-refractivity contribution in [2.75, 3.05) is 39.6 Å². The average Bonchev–Trinajstić information content (AvgIpc) is 1.19. The Morgan fingerprint density at radius 3 is 0.732 bits per heavy atom. The molecule has 0 heterocycles. The molecule has 0 aromatic heterocycles. The molecule has 0 radical (unpaired) electrons. The highest BCUT2D eigenvalue weighted by molar-refractivity contribution is 7.47. The van der Waals surface area contributed by atoms with Crippen LogP contribution in [0, 0.1) is 23.7 Å². The van der Waals surface area contributed by atoms with Gasteiger partial charge in [-0.25, -0.2) is 9.13 Å². The van der Waals surface area contributed by atoms with E-state index in [1.807, 2.05) is 0 Å². The normalized spacial score (nSPS) is 14.6. The number of carbonyl (C=O) groups is 4. The molecule has 0 aromatic rings. The van der Waals surface area contributed by atoms with Gasteiger partial charge in [-0.2, -0.15) is 0 Å². The number of ether oxygens (including phenoxy) is 4. The van der Waals surface area contributed by atoms with Crippen molar-refractivity contribution < 1.29 is 80.2 Å². The van der Waals surface area contributed by atoms with E-state index in [-0.39, 0.29) is 25.7 Å². The van der Waals surface area contributed by atoms with Crippen LogP contribution in [-0.4, -0.2) is 96.7 Å². The molecule has 0 saturated carbocycles. The van der Waals surface area contributed by atoms with Gasteiger partial charge in [-0.15, -0.1) is 0 Å². The van der Waals surface area contributed by atoms with Gasteiger partial charge < -0.3 is 33.8 Å². The van der Waals surface area contributed by atoms with E-state index in [9.17, 15) is 43.2 Å². The van der Waals surface area contributed by atoms with E-state index in [1.165, 1.54) is 193 Å². The van der Waals surface area contributed by atoms with Crippen molar-refractivity contribution in [3.63, 3.8) is 0 Å². The number of unbranched alkanes of at least 4 members (excludes halogenated alkanes) is 39. The molecule has 0 rings (SSSR count). The van der Waals surface area contributed by atoms with Gasteiger partial charge in [0.25, 0.3) is 0 Å². The summed E-state index contributed by atoms with van der Waals surface area (Å²) in [7, 11) is -9.92. The van der Waals surface area contributed by atoms with E-state index in [1.54, 1.807) is 0 Å². The number of phosphoric ester groups is 2. The molecule has 576 valence electrons. The van der Waals surface area contributed by atoms with Crippen LogP contribution < -0.4 is 0 Å². The Bertz CT molecular complexity index is 1910. The minimum Gasteiger partial charge on any atom is -0.462 e. The number of phosphoric acid groups is 2. The lowest BCUT2D eigenvalue weighted by molar-refractivity contribution is -0.161. The molecule has 0 saturated heterocycles. The third-order valence-electron chi connectivity index (χ3n) is 18.8. The highest BCUT2D eigenvalue weighted by atomic mass is 31.2. The highest BCUT2D eigenvalue weighted by Gasteiger charge is 2.30. The van der Waals surface area contributed by atoms with Crippen LogP contribution >= 0.6 is 15.6 Å². The zero-order chi connectivity index (χ0) is 71.7. The summed E-state index contributed by atoms with van der Waals surface area (Å²) in [6.45, 7) is 14.2. The molecule has 19 heteroatoms. The number of hydrogen-bond acceptors (Lipinski definition) is 15. The maximum atomic E-state index is 13.1. The SMILES string of the molecule is CCC(C)CCCCCCCCCCCCCCCCC(=O)OC[C@H](COP(=O)(O)OCC(O)COP(=O)(O)OC[C@@H](COC(=O)CCCCCCCCCC(C)C)OC(=O)CCCCCCCCCCC(C)C)OC(=O)CCCCCCCCCCCCCCCCC(C)CC. The number of aliphatic hydroxyl groups is 1. The number of aliphatic hydroxyl groups excluding tert-OH is 1. The van der Waals surface area contributed by atoms with E-state index in [2.05, 4.69) is 55.4 Å². The summed E-state index contributed by atoms with van der Waals surface area (Å²) in [5.74, 6) is 0.999. The monoisotopic (exact) mass is 1420 g/mol. The Morgan fingerprint density at radius 1 is 0.289 bits per heavy atom. The Kier molecular flexibility index (Phi) is 65.9. The smallest absolute Gasteiger partial charge is 0.462 e. The first-order chi connectivity index (χ1) is 46.7. The summed E-state index contributed by atoms with van der Waals surface area (Å²) in [6, 6.07) is 0. The molecule has 0 amide bonds. The van der Waals surface area contributed by atoms with Gasteiger partial charge in [-0.05, 0) is 49.4 Å². The first kappa shape index (κ1) is 95.1. The largest absolute Gasteiger partial charge is 0.472 e. The zero-order valence-corrected chi connectivity index (χ0v) is 65.5. The van der Waals surface area contributed by atoms with Crippen molar-refractivity contribution >= 4 is 39.5 Å². The van der Waals surface area contributed by atoms with Gasteiger partial charge in [-0.3, -0.25) is 37.3 Å². The van der Waals surface area contributed by atoms with Gasteiger partial charge in [0, 0.05) is 25.7 Å². The molecule has 17 nitrogen and oxygen atoms in total. The molecule has 7 atom stereocenters. The summed E-state index contributed by atoms with van der Waals surface area (Å²) < 4.78 is 68.6. The van der Waals surface area contributed by atoms with Gasteiger partial charge in [-0.1, -0.05) is 344 Å². The maximum Gasteiger partial charge on any atom is 0.472 e. The quantitative estimate of drug-likeness (QED) is 0.0222. The van der Waals surface area contributed by atoms with Crippen molar-refractivity contribution in [3.8, 4) is 0 Å². The number of esters is 4. The van der Waals surface area contributed by atoms with Crippen LogP contribution in [-0.2, 0) is 65.4 Å². The van der Waals surface area contributed by atoms with Crippen molar-refractivity contribution in [1.82, 2.24) is 0 Å². The standard InChI is InChI=1S/C78H152O17P2/c1-9-70(7)56-48-40-32-23-19-15-11-13-17-21-25-34-42-50-58-75(80)88-64-73(94-77(82)60-52-44-35-26-22-18-14-12-16-20-24-33-41-49-57-71(8)10-2)66-92-96(84,85)90-62-72(79)63-91-97(86,87)93-67-74(65-89-76(81)59-51-43-37-29-31-39-47-55-69(5)6)95-78(83)61-53-45-36-28-27-30-38-46-54-68(3)4/h68-74,79H,9-67H2,1-8H3,(H,84,85)(H,86,87)/t70?,71?,72?,73-,74-/m1/s1. The van der Waals surface area contributed by atoms with E-state index < -0.39 is 97.5 Å². The second-order valence-electron chi connectivity index (χ2n) is 29.5. The predicted molar refractivity (Wildman–Crippen MR) is 395 cm³/mol. The van der Waals surface area contributed by atoms with Crippen molar-refractivity contribution in [3.05, 3.63) is 0 Å². The third-order valence-corrected chi connectivity index (χ3v) is 20.7. The first-order valence-corrected chi connectivity index (χ1v) is 43.3. The van der Waals surface area contributed by atoms with E-state index in [4.69, 9.17) is 37.0 Å². The molecule has 0 aliphatic carbocycles. The fourth-order valence-corrected chi connectivity index (χ4v) is 13.4. The van der Waals surface area contributed by atoms with E-state index in [0.29, 0.717) is 31.6 Å². The first-order valence-electron chi connectivity index (χ1n) is 40.3. The summed E-state index contributed by atoms with van der Waals surface area (Å²) in [6.07, 6.45) is 52.8. The number of hydrogen-bond donors (Lipinski definition) is 3.